The number of amides is 1. The number of nitrogens with zero attached hydrogens (tertiary/aromatic N) is 2. The molecule has 2 aromatic rings. The molecule has 1 fully saturated rings. The number of benzene rings is 1. The Labute approximate surface area is 190 Å². The summed E-state index contributed by atoms with van der Waals surface area (Å²) in [5.41, 5.74) is 1.17. The number of hydrogen-bond acceptors (Lipinski definition) is 5. The van der Waals surface area contributed by atoms with Gasteiger partial charge in [-0.15, -0.1) is 0 Å². The molecule has 0 bridgehead atoms. The van der Waals surface area contributed by atoms with Crippen LogP contribution in [0.4, 0.5) is 18.9 Å². The van der Waals surface area contributed by atoms with Gasteiger partial charge in [-0.2, -0.15) is 13.2 Å². The maximum Gasteiger partial charge on any atom is 0.421 e. The fourth-order valence-electron chi connectivity index (χ4n) is 4.07. The van der Waals surface area contributed by atoms with Gasteiger partial charge in [-0.3, -0.25) is 4.79 Å². The predicted molar refractivity (Wildman–Crippen MR) is 120 cm³/mol. The number of nitrogens with one attached hydrogen (secondary N) is 2. The van der Waals surface area contributed by atoms with Gasteiger partial charge in [-0.05, 0) is 56.9 Å². The Morgan fingerprint density at radius 3 is 2.67 bits per heavy atom. The zero-order valence-electron chi connectivity index (χ0n) is 18.4. The summed E-state index contributed by atoms with van der Waals surface area (Å²) in [4.78, 5) is 17.8. The lowest BCUT2D eigenvalue weighted by Crippen LogP contribution is -2.40. The minimum Gasteiger partial charge on any atom is -0.437 e. The van der Waals surface area contributed by atoms with Crippen LogP contribution < -0.4 is 15.0 Å². The third kappa shape index (κ3) is 4.72. The molecule has 0 radical (unpaired) electrons. The highest BCUT2D eigenvalue weighted by Crippen LogP contribution is 2.44. The lowest BCUT2D eigenvalue weighted by molar-refractivity contribution is -0.138. The number of fused-ring (bicyclic) bond motifs is 1. The van der Waals surface area contributed by atoms with E-state index in [0.29, 0.717) is 41.3 Å². The van der Waals surface area contributed by atoms with Crippen LogP contribution in [0.5, 0.6) is 11.6 Å². The number of pyridine rings is 1. The van der Waals surface area contributed by atoms with Crippen LogP contribution in [-0.4, -0.2) is 29.2 Å². The molecule has 1 amide bonds. The molecular weight excluding hydrogens is 433 g/mol. The Balaban J connectivity index is 1.88. The summed E-state index contributed by atoms with van der Waals surface area (Å²) in [7, 11) is 0. The fourth-order valence-corrected chi connectivity index (χ4v) is 4.07. The van der Waals surface area contributed by atoms with Crippen molar-refractivity contribution >= 4 is 23.4 Å². The Morgan fingerprint density at radius 1 is 1.27 bits per heavy atom. The number of alkyl halides is 3. The second-order valence-corrected chi connectivity index (χ2v) is 8.36. The largest absolute Gasteiger partial charge is 0.437 e. The number of rotatable bonds is 6. The number of carbonyl (C=O) groups excluding carboxylic acids is 1. The second-order valence-electron chi connectivity index (χ2n) is 8.36. The first kappa shape index (κ1) is 22.8. The molecule has 1 atom stereocenters. The monoisotopic (exact) mass is 458 g/mol. The van der Waals surface area contributed by atoms with Gasteiger partial charge in [-0.1, -0.05) is 0 Å². The van der Waals surface area contributed by atoms with E-state index in [4.69, 9.17) is 10.1 Å². The zero-order chi connectivity index (χ0) is 23.8. The van der Waals surface area contributed by atoms with E-state index in [1.165, 1.54) is 19.2 Å². The average Bonchev–Trinajstić information content (AvgIpc) is 3.59. The number of anilines is 1. The van der Waals surface area contributed by atoms with Crippen LogP contribution in [0.1, 0.15) is 49.8 Å². The van der Waals surface area contributed by atoms with Crippen molar-refractivity contribution in [1.29, 1.82) is 5.41 Å². The van der Waals surface area contributed by atoms with Crippen molar-refractivity contribution in [2.24, 2.45) is 0 Å². The minimum absolute atomic E-state index is 0.0523. The van der Waals surface area contributed by atoms with Gasteiger partial charge in [0.1, 0.15) is 11.3 Å². The Kier molecular flexibility index (Phi) is 6.14. The van der Waals surface area contributed by atoms with Crippen LogP contribution >= 0.6 is 0 Å². The third-order valence-electron chi connectivity index (χ3n) is 5.88. The van der Waals surface area contributed by atoms with Crippen LogP contribution in [0.2, 0.25) is 0 Å². The summed E-state index contributed by atoms with van der Waals surface area (Å²) in [6.07, 6.45) is 2.63. The van der Waals surface area contributed by atoms with Crippen molar-refractivity contribution in [3.05, 3.63) is 53.4 Å². The molecule has 6 nitrogen and oxygen atoms in total. The summed E-state index contributed by atoms with van der Waals surface area (Å²) < 4.78 is 46.8. The molecule has 0 unspecified atom stereocenters. The number of allylic oxidation sites excluding steroid dienone is 1. The summed E-state index contributed by atoms with van der Waals surface area (Å²) in [6, 6.07) is 5.87. The van der Waals surface area contributed by atoms with E-state index in [-0.39, 0.29) is 17.7 Å². The lowest BCUT2D eigenvalue weighted by atomic mass is 9.91. The molecule has 1 aromatic carbocycles. The molecule has 2 heterocycles. The molecular formula is C24H25F3N4O2. The predicted octanol–water partition coefficient (Wildman–Crippen LogP) is 5.32. The second kappa shape index (κ2) is 8.88. The molecule has 2 N–H and O–H groups in total. The first-order valence-corrected chi connectivity index (χ1v) is 10.8. The van der Waals surface area contributed by atoms with Crippen molar-refractivity contribution in [2.75, 3.05) is 4.90 Å². The first-order chi connectivity index (χ1) is 15.7. The highest BCUT2D eigenvalue weighted by molar-refractivity contribution is 6.10. The molecule has 1 saturated carbocycles. The average molecular weight is 458 g/mol. The van der Waals surface area contributed by atoms with Crippen LogP contribution in [0.25, 0.3) is 5.57 Å². The quantitative estimate of drug-likeness (QED) is 0.574. The molecule has 9 heteroatoms. The Morgan fingerprint density at radius 2 is 2.03 bits per heavy atom. The first-order valence-electron chi connectivity index (χ1n) is 10.8. The molecule has 1 aliphatic carbocycles. The van der Waals surface area contributed by atoms with Gasteiger partial charge in [0.15, 0.2) is 0 Å². The normalized spacial score (nSPS) is 18.5. The maximum atomic E-state index is 13.6. The van der Waals surface area contributed by atoms with Crippen molar-refractivity contribution in [2.45, 2.75) is 57.8 Å². The van der Waals surface area contributed by atoms with Crippen LogP contribution in [0, 0.1) is 5.41 Å². The highest BCUT2D eigenvalue weighted by atomic mass is 19.4. The van der Waals surface area contributed by atoms with Gasteiger partial charge in [0.2, 0.25) is 11.8 Å². The van der Waals surface area contributed by atoms with Gasteiger partial charge >= 0.3 is 6.18 Å². The van der Waals surface area contributed by atoms with Crippen molar-refractivity contribution < 1.29 is 22.7 Å². The topological polar surface area (TPSA) is 78.3 Å². The van der Waals surface area contributed by atoms with Gasteiger partial charge in [-0.25, -0.2) is 4.98 Å². The number of carbonyl (C=O) groups is 1. The summed E-state index contributed by atoms with van der Waals surface area (Å²) in [5.74, 6) is -0.538. The zero-order valence-corrected chi connectivity index (χ0v) is 18.4. The van der Waals surface area contributed by atoms with Crippen molar-refractivity contribution in [3.8, 4) is 11.6 Å². The van der Waals surface area contributed by atoms with Gasteiger partial charge in [0, 0.05) is 54.3 Å². The molecule has 0 saturated heterocycles. The Bertz CT molecular complexity index is 1110. The number of halogens is 3. The van der Waals surface area contributed by atoms with E-state index < -0.39 is 17.6 Å². The van der Waals surface area contributed by atoms with E-state index in [9.17, 15) is 18.0 Å². The van der Waals surface area contributed by atoms with Crippen molar-refractivity contribution in [1.82, 2.24) is 10.3 Å². The molecule has 33 heavy (non-hydrogen) atoms. The smallest absolute Gasteiger partial charge is 0.421 e. The van der Waals surface area contributed by atoms with Crippen LogP contribution in [0.3, 0.4) is 0 Å². The van der Waals surface area contributed by atoms with E-state index >= 15 is 0 Å². The summed E-state index contributed by atoms with van der Waals surface area (Å²) in [6.45, 7) is 3.39. The molecule has 1 aliphatic heterocycles. The van der Waals surface area contributed by atoms with E-state index in [1.807, 2.05) is 6.92 Å². The fraction of sp³-hybridized carbons (Fsp3) is 0.375. The Hall–Kier alpha value is -3.36. The maximum absolute atomic E-state index is 13.6. The molecule has 1 aromatic heterocycles. The third-order valence-corrected chi connectivity index (χ3v) is 5.88. The van der Waals surface area contributed by atoms with E-state index in [2.05, 4.69) is 10.3 Å². The number of hydrogen-bond donors (Lipinski definition) is 2. The summed E-state index contributed by atoms with van der Waals surface area (Å²) >= 11 is 0. The standard InChI is InChI=1S/C24H25F3N4O2/c1-14-5-8-19-21(31(14)15(2)32)10-9-18(16(12-28)13-30-17-6-7-17)22(19)33-23-20(24(25,26)27)4-3-11-29-23/h3-4,9-14,17,28,30H,5-8H2,1-2H3/b16-13+,28-12?/t14-/m0/s1. The number of ether oxygens (including phenoxy) is 1. The lowest BCUT2D eigenvalue weighted by Gasteiger charge is -2.36. The van der Waals surface area contributed by atoms with Crippen LogP contribution in [0.15, 0.2) is 36.7 Å². The van der Waals surface area contributed by atoms with Crippen LogP contribution in [-0.2, 0) is 17.4 Å². The van der Waals surface area contributed by atoms with Gasteiger partial charge < -0.3 is 20.4 Å². The molecule has 2 aliphatic rings. The minimum atomic E-state index is -4.65. The molecule has 174 valence electrons. The highest BCUT2D eigenvalue weighted by Gasteiger charge is 2.36. The van der Waals surface area contributed by atoms with E-state index in [1.54, 1.807) is 23.2 Å². The molecule has 0 spiro atoms. The number of aromatic nitrogens is 1. The van der Waals surface area contributed by atoms with E-state index in [0.717, 1.165) is 25.1 Å². The van der Waals surface area contributed by atoms with Gasteiger partial charge in [0.25, 0.3) is 0 Å². The molecule has 4 rings (SSSR count). The summed E-state index contributed by atoms with van der Waals surface area (Å²) in [5, 5.41) is 11.1. The van der Waals surface area contributed by atoms with Gasteiger partial charge in [0.05, 0.1) is 5.69 Å². The SMILES string of the molecule is CC(=O)N1c2ccc(/C(C=N)=C/NC3CC3)c(Oc3ncccc3C(F)(F)F)c2CC[C@@H]1C. The van der Waals surface area contributed by atoms with Crippen molar-refractivity contribution in [3.63, 3.8) is 0 Å².